The Morgan fingerprint density at radius 1 is 1.24 bits per heavy atom. The zero-order chi connectivity index (χ0) is 15.4. The minimum absolute atomic E-state index is 0.287. The number of benzene rings is 1. The fraction of sp³-hybridized carbons (Fsp3) is 0.375. The highest BCUT2D eigenvalue weighted by Gasteiger charge is 2.10. The van der Waals surface area contributed by atoms with Crippen LogP contribution >= 0.6 is 0 Å². The molecule has 112 valence electrons. The van der Waals surface area contributed by atoms with Crippen molar-refractivity contribution in [2.45, 2.75) is 33.6 Å². The molecule has 0 fully saturated rings. The summed E-state index contributed by atoms with van der Waals surface area (Å²) < 4.78 is 10.9. The van der Waals surface area contributed by atoms with Crippen molar-refractivity contribution in [3.8, 4) is 5.75 Å². The first-order valence-corrected chi connectivity index (χ1v) is 6.87. The number of carbonyl (C=O) groups is 1. The largest absolute Gasteiger partial charge is 0.493 e. The molecule has 2 rings (SSSR count). The van der Waals surface area contributed by atoms with Crippen LogP contribution < -0.4 is 4.74 Å². The summed E-state index contributed by atoms with van der Waals surface area (Å²) in [5.41, 5.74) is 2.84. The number of nitrogens with zero attached hydrogens (tertiary/aromatic N) is 1. The third kappa shape index (κ3) is 3.84. The first-order chi connectivity index (χ1) is 9.97. The van der Waals surface area contributed by atoms with Crippen LogP contribution in [0.4, 0.5) is 0 Å². The summed E-state index contributed by atoms with van der Waals surface area (Å²) in [5.74, 6) is 0.688. The normalized spacial score (nSPS) is 10.6. The van der Waals surface area contributed by atoms with Crippen molar-refractivity contribution in [1.29, 1.82) is 0 Å². The second kappa shape index (κ2) is 6.43. The lowest BCUT2D eigenvalue weighted by atomic mass is 10.1. The van der Waals surface area contributed by atoms with Crippen LogP contribution in [0.5, 0.6) is 5.75 Å². The van der Waals surface area contributed by atoms with Crippen LogP contribution in [-0.2, 0) is 6.42 Å². The van der Waals surface area contributed by atoms with Gasteiger partial charge in [-0.3, -0.25) is 0 Å². The third-order valence-corrected chi connectivity index (χ3v) is 3.20. The van der Waals surface area contributed by atoms with Crippen molar-refractivity contribution < 1.29 is 19.2 Å². The molecular formula is C16H19NO4. The molecule has 1 aromatic heterocycles. The minimum atomic E-state index is -0.923. The van der Waals surface area contributed by atoms with Crippen LogP contribution in [0.2, 0.25) is 0 Å². The number of aryl methyl sites for hydroxylation is 4. The van der Waals surface area contributed by atoms with Gasteiger partial charge in [0.25, 0.3) is 0 Å². The number of rotatable bonds is 6. The van der Waals surface area contributed by atoms with E-state index in [-0.39, 0.29) is 5.56 Å². The van der Waals surface area contributed by atoms with E-state index >= 15 is 0 Å². The van der Waals surface area contributed by atoms with E-state index in [0.717, 1.165) is 41.2 Å². The molecule has 0 unspecified atom stereocenters. The van der Waals surface area contributed by atoms with Crippen molar-refractivity contribution in [3.05, 3.63) is 46.3 Å². The maximum absolute atomic E-state index is 11.0. The maximum Gasteiger partial charge on any atom is 0.335 e. The monoisotopic (exact) mass is 289 g/mol. The molecule has 5 nitrogen and oxygen atoms in total. The molecule has 0 amide bonds. The zero-order valence-corrected chi connectivity index (χ0v) is 12.5. The Bertz CT molecular complexity index is 622. The van der Waals surface area contributed by atoms with Gasteiger partial charge in [0.05, 0.1) is 17.9 Å². The van der Waals surface area contributed by atoms with E-state index in [2.05, 4.69) is 5.16 Å². The van der Waals surface area contributed by atoms with E-state index in [1.807, 2.05) is 26.8 Å². The first-order valence-electron chi connectivity index (χ1n) is 6.87. The topological polar surface area (TPSA) is 72.6 Å². The van der Waals surface area contributed by atoms with Gasteiger partial charge in [-0.1, -0.05) is 5.16 Å². The summed E-state index contributed by atoms with van der Waals surface area (Å²) in [6, 6.07) is 5.17. The lowest BCUT2D eigenvalue weighted by Gasteiger charge is -2.12. The summed E-state index contributed by atoms with van der Waals surface area (Å²) >= 11 is 0. The molecule has 1 N–H and O–H groups in total. The Morgan fingerprint density at radius 3 is 2.43 bits per heavy atom. The molecule has 0 spiro atoms. The fourth-order valence-electron chi connectivity index (χ4n) is 2.26. The number of hydrogen-bond donors (Lipinski definition) is 1. The molecule has 0 saturated carbocycles. The van der Waals surface area contributed by atoms with E-state index in [4.69, 9.17) is 14.4 Å². The van der Waals surface area contributed by atoms with Gasteiger partial charge in [-0.15, -0.1) is 0 Å². The van der Waals surface area contributed by atoms with Gasteiger partial charge < -0.3 is 14.4 Å². The van der Waals surface area contributed by atoms with E-state index in [9.17, 15) is 4.79 Å². The quantitative estimate of drug-likeness (QED) is 0.826. The molecule has 2 aromatic rings. The third-order valence-electron chi connectivity index (χ3n) is 3.20. The van der Waals surface area contributed by atoms with Gasteiger partial charge >= 0.3 is 5.97 Å². The van der Waals surface area contributed by atoms with Crippen LogP contribution in [0.25, 0.3) is 0 Å². The second-order valence-corrected chi connectivity index (χ2v) is 5.13. The van der Waals surface area contributed by atoms with Crippen molar-refractivity contribution in [1.82, 2.24) is 5.16 Å². The zero-order valence-electron chi connectivity index (χ0n) is 12.5. The number of aromatic nitrogens is 1. The van der Waals surface area contributed by atoms with Crippen LogP contribution in [0.15, 0.2) is 22.7 Å². The SMILES string of the molecule is Cc1cc(CCCOc2c(C)cc(C(=O)O)cc2C)on1. The Hall–Kier alpha value is -2.30. The van der Waals surface area contributed by atoms with Gasteiger partial charge in [0.2, 0.25) is 0 Å². The fourth-order valence-corrected chi connectivity index (χ4v) is 2.26. The summed E-state index contributed by atoms with van der Waals surface area (Å²) in [6.45, 7) is 6.15. The number of hydrogen-bond acceptors (Lipinski definition) is 4. The van der Waals surface area contributed by atoms with E-state index < -0.39 is 5.97 Å². The number of carboxylic acids is 1. The van der Waals surface area contributed by atoms with Crippen molar-refractivity contribution in [3.63, 3.8) is 0 Å². The standard InChI is InChI=1S/C16H19NO4/c1-10-7-13(16(18)19)8-11(2)15(10)20-6-4-5-14-9-12(3)17-21-14/h7-9H,4-6H2,1-3H3,(H,18,19). The Labute approximate surface area is 123 Å². The van der Waals surface area contributed by atoms with Crippen molar-refractivity contribution in [2.75, 3.05) is 6.61 Å². The van der Waals surface area contributed by atoms with Gasteiger partial charge in [0.1, 0.15) is 11.5 Å². The summed E-state index contributed by atoms with van der Waals surface area (Å²) in [7, 11) is 0. The highest BCUT2D eigenvalue weighted by Crippen LogP contribution is 2.25. The number of aromatic carboxylic acids is 1. The van der Waals surface area contributed by atoms with Gasteiger partial charge in [-0.25, -0.2) is 4.79 Å². The Morgan fingerprint density at radius 2 is 1.90 bits per heavy atom. The van der Waals surface area contributed by atoms with Crippen LogP contribution in [-0.4, -0.2) is 22.8 Å². The summed E-state index contributed by atoms with van der Waals surface area (Å²) in [4.78, 5) is 11.0. The Balaban J connectivity index is 1.92. The minimum Gasteiger partial charge on any atom is -0.493 e. The highest BCUT2D eigenvalue weighted by molar-refractivity contribution is 5.88. The lowest BCUT2D eigenvalue weighted by Crippen LogP contribution is -2.04. The molecule has 1 aromatic carbocycles. The molecule has 0 aliphatic rings. The molecule has 0 saturated heterocycles. The van der Waals surface area contributed by atoms with E-state index in [1.54, 1.807) is 12.1 Å². The van der Waals surface area contributed by atoms with Crippen molar-refractivity contribution >= 4 is 5.97 Å². The predicted octanol–water partition coefficient (Wildman–Crippen LogP) is 3.31. The predicted molar refractivity (Wildman–Crippen MR) is 77.9 cm³/mol. The van der Waals surface area contributed by atoms with Gasteiger partial charge in [-0.05, 0) is 50.5 Å². The van der Waals surface area contributed by atoms with E-state index in [1.165, 1.54) is 0 Å². The van der Waals surface area contributed by atoms with Crippen LogP contribution in [0.3, 0.4) is 0 Å². The summed E-state index contributed by atoms with van der Waals surface area (Å²) in [5, 5.41) is 12.8. The molecule has 1 heterocycles. The second-order valence-electron chi connectivity index (χ2n) is 5.13. The van der Waals surface area contributed by atoms with Crippen molar-refractivity contribution in [2.24, 2.45) is 0 Å². The molecule has 0 radical (unpaired) electrons. The molecule has 0 atom stereocenters. The lowest BCUT2D eigenvalue weighted by molar-refractivity contribution is 0.0696. The molecule has 0 bridgehead atoms. The van der Waals surface area contributed by atoms with Gasteiger partial charge in [0.15, 0.2) is 0 Å². The average Bonchev–Trinajstić information content (AvgIpc) is 2.82. The van der Waals surface area contributed by atoms with Crippen LogP contribution in [0.1, 0.15) is 39.4 Å². The molecular weight excluding hydrogens is 270 g/mol. The number of ether oxygens (including phenoxy) is 1. The summed E-state index contributed by atoms with van der Waals surface area (Å²) in [6.07, 6.45) is 1.58. The maximum atomic E-state index is 11.0. The van der Waals surface area contributed by atoms with Crippen LogP contribution in [0, 0.1) is 20.8 Å². The molecule has 0 aliphatic heterocycles. The smallest absolute Gasteiger partial charge is 0.335 e. The van der Waals surface area contributed by atoms with Gasteiger partial charge in [0, 0.05) is 12.5 Å². The molecule has 0 aliphatic carbocycles. The highest BCUT2D eigenvalue weighted by atomic mass is 16.5. The molecule has 5 heteroatoms. The molecule has 21 heavy (non-hydrogen) atoms. The van der Waals surface area contributed by atoms with E-state index in [0.29, 0.717) is 6.61 Å². The first kappa shape index (κ1) is 15.1. The number of carboxylic acid groups (broad SMARTS) is 1. The Kier molecular flexibility index (Phi) is 4.62. The van der Waals surface area contributed by atoms with Gasteiger partial charge in [-0.2, -0.15) is 0 Å². The average molecular weight is 289 g/mol.